The molecule has 0 unspecified atom stereocenters. The lowest BCUT2D eigenvalue weighted by atomic mass is 10.0. The van der Waals surface area contributed by atoms with Crippen molar-refractivity contribution >= 4 is 17.2 Å². The van der Waals surface area contributed by atoms with Gasteiger partial charge in [-0.15, -0.1) is 11.3 Å². The van der Waals surface area contributed by atoms with Gasteiger partial charge in [-0.05, 0) is 43.2 Å². The molecule has 0 spiro atoms. The number of aryl methyl sites for hydroxylation is 1. The second-order valence-corrected chi connectivity index (χ2v) is 6.91. The fourth-order valence-electron chi connectivity index (χ4n) is 3.26. The highest BCUT2D eigenvalue weighted by Gasteiger charge is 2.30. The highest BCUT2D eigenvalue weighted by molar-refractivity contribution is 7.12. The smallest absolute Gasteiger partial charge is 0.264 e. The molecule has 2 fully saturated rings. The van der Waals surface area contributed by atoms with Crippen molar-refractivity contribution in [1.29, 1.82) is 0 Å². The molecule has 2 aliphatic rings. The van der Waals surface area contributed by atoms with Gasteiger partial charge in [0.15, 0.2) is 0 Å². The minimum atomic E-state index is 0.237. The first-order valence-corrected chi connectivity index (χ1v) is 8.79. The lowest BCUT2D eigenvalue weighted by Crippen LogP contribution is -2.51. The van der Waals surface area contributed by atoms with Crippen molar-refractivity contribution in [3.05, 3.63) is 21.9 Å². The molecule has 3 rings (SSSR count). The standard InChI is InChI=1S/C16H24N2O2S/c1-13-5-11-21-15(13)16(19)18-6-3-2-4-14(18)12-17-7-9-20-10-8-17/h5,11,14H,2-4,6-10,12H2,1H3/t14-/m0/s1. The Morgan fingerprint density at radius 3 is 2.86 bits per heavy atom. The molecule has 1 amide bonds. The van der Waals surface area contributed by atoms with Crippen LogP contribution in [0.2, 0.25) is 0 Å². The molecule has 1 aromatic heterocycles. The highest BCUT2D eigenvalue weighted by atomic mass is 32.1. The maximum absolute atomic E-state index is 12.8. The molecular weight excluding hydrogens is 284 g/mol. The normalized spacial score (nSPS) is 24.2. The number of ether oxygens (including phenoxy) is 1. The quantitative estimate of drug-likeness (QED) is 0.859. The van der Waals surface area contributed by atoms with Crippen LogP contribution in [0.3, 0.4) is 0 Å². The van der Waals surface area contributed by atoms with E-state index in [0.29, 0.717) is 6.04 Å². The topological polar surface area (TPSA) is 32.8 Å². The lowest BCUT2D eigenvalue weighted by Gasteiger charge is -2.39. The second-order valence-electron chi connectivity index (χ2n) is 5.99. The molecule has 4 nitrogen and oxygen atoms in total. The number of likely N-dealkylation sites (tertiary alicyclic amines) is 1. The van der Waals surface area contributed by atoms with Gasteiger partial charge in [-0.2, -0.15) is 0 Å². The number of hydrogen-bond acceptors (Lipinski definition) is 4. The van der Waals surface area contributed by atoms with E-state index in [1.54, 1.807) is 11.3 Å². The number of hydrogen-bond donors (Lipinski definition) is 0. The third-order valence-electron chi connectivity index (χ3n) is 4.52. The fourth-order valence-corrected chi connectivity index (χ4v) is 4.14. The molecular formula is C16H24N2O2S. The van der Waals surface area contributed by atoms with Crippen molar-refractivity contribution in [3.8, 4) is 0 Å². The van der Waals surface area contributed by atoms with Gasteiger partial charge in [-0.3, -0.25) is 9.69 Å². The Morgan fingerprint density at radius 2 is 2.14 bits per heavy atom. The minimum Gasteiger partial charge on any atom is -0.379 e. The number of piperidine rings is 1. The van der Waals surface area contributed by atoms with Gasteiger partial charge in [0.05, 0.1) is 18.1 Å². The zero-order chi connectivity index (χ0) is 14.7. The molecule has 0 saturated carbocycles. The summed E-state index contributed by atoms with van der Waals surface area (Å²) in [5.41, 5.74) is 1.11. The average Bonchev–Trinajstić information content (AvgIpc) is 2.94. The molecule has 5 heteroatoms. The largest absolute Gasteiger partial charge is 0.379 e. The molecule has 1 aromatic rings. The predicted octanol–water partition coefficient (Wildman–Crippen LogP) is 2.38. The first kappa shape index (κ1) is 15.0. The highest BCUT2D eigenvalue weighted by Crippen LogP contribution is 2.24. The van der Waals surface area contributed by atoms with Crippen molar-refractivity contribution in [2.75, 3.05) is 39.4 Å². The summed E-state index contributed by atoms with van der Waals surface area (Å²) in [5, 5.41) is 2.02. The van der Waals surface area contributed by atoms with Crippen LogP contribution in [0, 0.1) is 6.92 Å². The summed E-state index contributed by atoms with van der Waals surface area (Å²) in [6.07, 6.45) is 3.51. The Morgan fingerprint density at radius 1 is 1.33 bits per heavy atom. The molecule has 0 N–H and O–H groups in total. The summed E-state index contributed by atoms with van der Waals surface area (Å²) in [4.78, 5) is 18.3. The number of nitrogens with zero attached hydrogens (tertiary/aromatic N) is 2. The first-order valence-electron chi connectivity index (χ1n) is 7.91. The second kappa shape index (κ2) is 6.90. The zero-order valence-corrected chi connectivity index (χ0v) is 13.5. The summed E-state index contributed by atoms with van der Waals surface area (Å²) in [5.74, 6) is 0.237. The minimum absolute atomic E-state index is 0.237. The van der Waals surface area contributed by atoms with Gasteiger partial charge in [0.1, 0.15) is 0 Å². The SMILES string of the molecule is Cc1ccsc1C(=O)N1CCCC[C@H]1CN1CCOCC1. The number of morpholine rings is 1. The number of rotatable bonds is 3. The average molecular weight is 308 g/mol. The number of amides is 1. The summed E-state index contributed by atoms with van der Waals surface area (Å²) >= 11 is 1.57. The van der Waals surface area contributed by atoms with Crippen LogP contribution >= 0.6 is 11.3 Å². The molecule has 2 saturated heterocycles. The molecule has 0 radical (unpaired) electrons. The van der Waals surface area contributed by atoms with Crippen molar-refractivity contribution in [1.82, 2.24) is 9.80 Å². The fraction of sp³-hybridized carbons (Fsp3) is 0.688. The van der Waals surface area contributed by atoms with Crippen LogP contribution in [-0.4, -0.2) is 61.1 Å². The van der Waals surface area contributed by atoms with Crippen LogP contribution in [0.4, 0.5) is 0 Å². The van der Waals surface area contributed by atoms with Crippen LogP contribution in [-0.2, 0) is 4.74 Å². The van der Waals surface area contributed by atoms with Gasteiger partial charge in [0, 0.05) is 32.2 Å². The van der Waals surface area contributed by atoms with E-state index >= 15 is 0 Å². The van der Waals surface area contributed by atoms with E-state index < -0.39 is 0 Å². The van der Waals surface area contributed by atoms with Gasteiger partial charge < -0.3 is 9.64 Å². The summed E-state index contributed by atoms with van der Waals surface area (Å²) in [7, 11) is 0. The Labute approximate surface area is 130 Å². The summed E-state index contributed by atoms with van der Waals surface area (Å²) in [6, 6.07) is 2.41. The molecule has 0 bridgehead atoms. The maximum Gasteiger partial charge on any atom is 0.264 e. The van der Waals surface area contributed by atoms with Crippen molar-refractivity contribution in [2.24, 2.45) is 0 Å². The predicted molar refractivity (Wildman–Crippen MR) is 85.0 cm³/mol. The van der Waals surface area contributed by atoms with Crippen molar-refractivity contribution in [3.63, 3.8) is 0 Å². The van der Waals surface area contributed by atoms with E-state index in [1.165, 1.54) is 6.42 Å². The van der Waals surface area contributed by atoms with Gasteiger partial charge >= 0.3 is 0 Å². The zero-order valence-electron chi connectivity index (χ0n) is 12.7. The molecule has 3 heterocycles. The van der Waals surface area contributed by atoms with E-state index in [1.807, 2.05) is 18.4 Å². The number of carbonyl (C=O) groups excluding carboxylic acids is 1. The van der Waals surface area contributed by atoms with Crippen LogP contribution in [0.1, 0.15) is 34.5 Å². The van der Waals surface area contributed by atoms with E-state index in [9.17, 15) is 4.79 Å². The maximum atomic E-state index is 12.8. The lowest BCUT2D eigenvalue weighted by molar-refractivity contribution is 0.0167. The van der Waals surface area contributed by atoms with Gasteiger partial charge in [-0.25, -0.2) is 0 Å². The van der Waals surface area contributed by atoms with E-state index in [2.05, 4.69) is 9.80 Å². The summed E-state index contributed by atoms with van der Waals surface area (Å²) < 4.78 is 5.42. The van der Waals surface area contributed by atoms with Crippen LogP contribution < -0.4 is 0 Å². The van der Waals surface area contributed by atoms with Gasteiger partial charge in [0.2, 0.25) is 0 Å². The number of carbonyl (C=O) groups is 1. The molecule has 0 aliphatic carbocycles. The first-order chi connectivity index (χ1) is 10.3. The van der Waals surface area contributed by atoms with E-state index in [4.69, 9.17) is 4.74 Å². The molecule has 0 aromatic carbocycles. The van der Waals surface area contributed by atoms with Crippen LogP contribution in [0.5, 0.6) is 0 Å². The molecule has 2 aliphatic heterocycles. The van der Waals surface area contributed by atoms with Crippen LogP contribution in [0.15, 0.2) is 11.4 Å². The Bertz CT molecular complexity index is 482. The van der Waals surface area contributed by atoms with Crippen LogP contribution in [0.25, 0.3) is 0 Å². The third-order valence-corrected chi connectivity index (χ3v) is 5.52. The summed E-state index contributed by atoms with van der Waals surface area (Å²) in [6.45, 7) is 7.58. The Kier molecular flexibility index (Phi) is 4.93. The monoisotopic (exact) mass is 308 g/mol. The van der Waals surface area contributed by atoms with Crippen molar-refractivity contribution < 1.29 is 9.53 Å². The van der Waals surface area contributed by atoms with Crippen molar-refractivity contribution in [2.45, 2.75) is 32.2 Å². The molecule has 116 valence electrons. The Hall–Kier alpha value is -0.910. The molecule has 1 atom stereocenters. The van der Waals surface area contributed by atoms with Gasteiger partial charge in [-0.1, -0.05) is 0 Å². The number of thiophene rings is 1. The molecule has 21 heavy (non-hydrogen) atoms. The van der Waals surface area contributed by atoms with E-state index in [0.717, 1.165) is 62.7 Å². The third kappa shape index (κ3) is 3.47. The Balaban J connectivity index is 1.69. The van der Waals surface area contributed by atoms with E-state index in [-0.39, 0.29) is 5.91 Å². The van der Waals surface area contributed by atoms with Gasteiger partial charge in [0.25, 0.3) is 5.91 Å².